The van der Waals surface area contributed by atoms with Gasteiger partial charge in [-0.2, -0.15) is 18.2 Å². The van der Waals surface area contributed by atoms with E-state index in [-0.39, 0.29) is 5.82 Å². The first-order valence-electron chi connectivity index (χ1n) is 9.61. The number of aliphatic carboxylic acids is 1. The van der Waals surface area contributed by atoms with Crippen LogP contribution in [0.4, 0.5) is 23.4 Å². The quantitative estimate of drug-likeness (QED) is 0.424. The molecule has 0 radical (unpaired) electrons. The number of rotatable bonds is 4. The molecule has 0 bridgehead atoms. The van der Waals surface area contributed by atoms with Crippen LogP contribution >= 0.6 is 0 Å². The average molecular weight is 461 g/mol. The molecule has 4 aromatic rings. The molecular weight excluding hydrogens is 442 g/mol. The van der Waals surface area contributed by atoms with Crippen LogP contribution in [0.25, 0.3) is 17.0 Å². The Hall–Kier alpha value is -4.02. The molecule has 2 heterocycles. The number of nitrogens with one attached hydrogen (secondary N) is 1. The number of halogens is 4. The van der Waals surface area contributed by atoms with Crippen LogP contribution < -0.4 is 5.32 Å². The summed E-state index contributed by atoms with van der Waals surface area (Å²) < 4.78 is 46.6. The van der Waals surface area contributed by atoms with Crippen LogP contribution in [0.1, 0.15) is 16.7 Å². The van der Waals surface area contributed by atoms with E-state index in [4.69, 9.17) is 9.90 Å². The fourth-order valence-corrected chi connectivity index (χ4v) is 2.78. The van der Waals surface area contributed by atoms with E-state index in [1.165, 1.54) is 23.3 Å². The summed E-state index contributed by atoms with van der Waals surface area (Å²) >= 11 is 0. The largest absolute Gasteiger partial charge is 0.490 e. The van der Waals surface area contributed by atoms with Crippen LogP contribution in [0, 0.1) is 19.7 Å². The third kappa shape index (κ3) is 6.03. The third-order valence-electron chi connectivity index (χ3n) is 4.65. The molecule has 2 N–H and O–H groups in total. The topological polar surface area (TPSA) is 92.9 Å². The number of anilines is 1. The highest BCUT2D eigenvalue weighted by Crippen LogP contribution is 2.21. The fourth-order valence-electron chi connectivity index (χ4n) is 2.78. The molecular formula is C22H19F4N5O2. The maximum Gasteiger partial charge on any atom is 0.490 e. The molecule has 0 spiro atoms. The van der Waals surface area contributed by atoms with Crippen LogP contribution in [0.2, 0.25) is 0 Å². The number of aryl methyl sites for hydroxylation is 2. The van der Waals surface area contributed by atoms with Gasteiger partial charge in [-0.3, -0.25) is 4.57 Å². The zero-order chi connectivity index (χ0) is 24.2. The highest BCUT2D eigenvalue weighted by molar-refractivity contribution is 5.78. The van der Waals surface area contributed by atoms with Crippen molar-refractivity contribution in [1.29, 1.82) is 0 Å². The van der Waals surface area contributed by atoms with Crippen molar-refractivity contribution in [1.82, 2.24) is 19.5 Å². The molecule has 0 aliphatic heterocycles. The first-order chi connectivity index (χ1) is 15.5. The predicted molar refractivity (Wildman–Crippen MR) is 114 cm³/mol. The number of fused-ring (bicyclic) bond motifs is 1. The second-order valence-corrected chi connectivity index (χ2v) is 7.06. The zero-order valence-corrected chi connectivity index (χ0v) is 17.6. The van der Waals surface area contributed by atoms with Crippen molar-refractivity contribution in [3.05, 3.63) is 77.5 Å². The maximum absolute atomic E-state index is 13.0. The smallest absolute Gasteiger partial charge is 0.475 e. The van der Waals surface area contributed by atoms with Gasteiger partial charge in [-0.05, 0) is 60.9 Å². The van der Waals surface area contributed by atoms with Crippen molar-refractivity contribution in [2.75, 3.05) is 5.32 Å². The summed E-state index contributed by atoms with van der Waals surface area (Å²) in [6.45, 7) is 4.71. The van der Waals surface area contributed by atoms with Crippen molar-refractivity contribution in [2.24, 2.45) is 0 Å². The summed E-state index contributed by atoms with van der Waals surface area (Å²) in [5, 5.41) is 10.4. The standard InChI is InChI=1S/C20H18FN5.C2HF3O2/c1-13-9-17-18(10-14(13)2)26(12-24-17)20-22-8-7-19(25-20)23-11-15-3-5-16(21)6-4-15;3-2(4,5)1(6)7/h3-10,12H,11H2,1-2H3,(H,22,23,25);(H,6,7). The molecule has 0 saturated carbocycles. The van der Waals surface area contributed by atoms with E-state index >= 15 is 0 Å². The van der Waals surface area contributed by atoms with Crippen molar-refractivity contribution in [3.63, 3.8) is 0 Å². The minimum Gasteiger partial charge on any atom is -0.475 e. The van der Waals surface area contributed by atoms with Gasteiger partial charge in [-0.25, -0.2) is 19.2 Å². The molecule has 11 heteroatoms. The van der Waals surface area contributed by atoms with Crippen LogP contribution in [-0.4, -0.2) is 36.8 Å². The monoisotopic (exact) mass is 461 g/mol. The summed E-state index contributed by atoms with van der Waals surface area (Å²) in [6.07, 6.45) is -1.63. The number of alkyl halides is 3. The average Bonchev–Trinajstić information content (AvgIpc) is 3.16. The molecule has 0 saturated heterocycles. The molecule has 2 aromatic carbocycles. The van der Waals surface area contributed by atoms with Gasteiger partial charge in [0.2, 0.25) is 5.95 Å². The Bertz CT molecular complexity index is 1270. The second-order valence-electron chi connectivity index (χ2n) is 7.06. The first kappa shape index (κ1) is 23.6. The number of imidazole rings is 1. The molecule has 172 valence electrons. The minimum absolute atomic E-state index is 0.240. The third-order valence-corrected chi connectivity index (χ3v) is 4.65. The van der Waals surface area contributed by atoms with Crippen molar-refractivity contribution in [2.45, 2.75) is 26.6 Å². The Kier molecular flexibility index (Phi) is 6.90. The second kappa shape index (κ2) is 9.63. The fraction of sp³-hybridized carbons (Fsp3) is 0.182. The lowest BCUT2D eigenvalue weighted by molar-refractivity contribution is -0.192. The molecule has 7 nitrogen and oxygen atoms in total. The molecule has 33 heavy (non-hydrogen) atoms. The van der Waals surface area contributed by atoms with Gasteiger partial charge in [0.1, 0.15) is 18.0 Å². The lowest BCUT2D eigenvalue weighted by atomic mass is 10.1. The van der Waals surface area contributed by atoms with E-state index in [1.54, 1.807) is 24.7 Å². The van der Waals surface area contributed by atoms with Crippen molar-refractivity contribution < 1.29 is 27.5 Å². The summed E-state index contributed by atoms with van der Waals surface area (Å²) in [6, 6.07) is 12.4. The van der Waals surface area contributed by atoms with Crippen molar-refractivity contribution >= 4 is 22.8 Å². The Balaban J connectivity index is 0.000000383. The van der Waals surface area contributed by atoms with Gasteiger partial charge in [-0.15, -0.1) is 0 Å². The number of carboxylic acids is 1. The number of carboxylic acid groups (broad SMARTS) is 1. The van der Waals surface area contributed by atoms with E-state index in [0.29, 0.717) is 18.3 Å². The lowest BCUT2D eigenvalue weighted by Gasteiger charge is -2.08. The molecule has 0 atom stereocenters. The normalized spacial score (nSPS) is 11.1. The number of hydrogen-bond acceptors (Lipinski definition) is 5. The van der Waals surface area contributed by atoms with E-state index in [9.17, 15) is 17.6 Å². The van der Waals surface area contributed by atoms with Crippen LogP contribution in [0.5, 0.6) is 0 Å². The van der Waals surface area contributed by atoms with E-state index < -0.39 is 12.1 Å². The molecule has 0 unspecified atom stereocenters. The molecule has 0 fully saturated rings. The number of benzene rings is 2. The first-order valence-corrected chi connectivity index (χ1v) is 9.61. The minimum atomic E-state index is -5.08. The Morgan fingerprint density at radius 2 is 1.70 bits per heavy atom. The molecule has 4 rings (SSSR count). The maximum atomic E-state index is 13.0. The van der Waals surface area contributed by atoms with Crippen molar-refractivity contribution in [3.8, 4) is 5.95 Å². The summed E-state index contributed by atoms with van der Waals surface area (Å²) in [7, 11) is 0. The van der Waals surface area contributed by atoms with Gasteiger partial charge >= 0.3 is 12.1 Å². The summed E-state index contributed by atoms with van der Waals surface area (Å²) in [5.74, 6) is -1.74. The number of hydrogen-bond donors (Lipinski definition) is 2. The number of nitrogens with zero attached hydrogens (tertiary/aromatic N) is 4. The molecule has 0 amide bonds. The van der Waals surface area contributed by atoms with E-state index in [0.717, 1.165) is 16.6 Å². The van der Waals surface area contributed by atoms with Gasteiger partial charge in [0.15, 0.2) is 0 Å². The van der Waals surface area contributed by atoms with Gasteiger partial charge < -0.3 is 10.4 Å². The lowest BCUT2D eigenvalue weighted by Crippen LogP contribution is -2.21. The number of aromatic nitrogens is 4. The van der Waals surface area contributed by atoms with Gasteiger partial charge in [0.05, 0.1) is 11.0 Å². The highest BCUT2D eigenvalue weighted by Gasteiger charge is 2.38. The molecule has 2 aromatic heterocycles. The van der Waals surface area contributed by atoms with E-state index in [2.05, 4.69) is 46.2 Å². The van der Waals surface area contributed by atoms with Gasteiger partial charge in [0.25, 0.3) is 0 Å². The predicted octanol–water partition coefficient (Wildman–Crippen LogP) is 4.82. The Morgan fingerprint density at radius 3 is 2.33 bits per heavy atom. The Labute approximate surface area is 185 Å². The van der Waals surface area contributed by atoms with Gasteiger partial charge in [0, 0.05) is 12.7 Å². The van der Waals surface area contributed by atoms with Crippen LogP contribution in [0.15, 0.2) is 55.0 Å². The summed E-state index contributed by atoms with van der Waals surface area (Å²) in [5.41, 5.74) is 5.28. The molecule has 0 aliphatic carbocycles. The SMILES string of the molecule is Cc1cc2ncn(-c3nccc(NCc4ccc(F)cc4)n3)c2cc1C.O=C(O)C(F)(F)F. The Morgan fingerprint density at radius 1 is 1.06 bits per heavy atom. The highest BCUT2D eigenvalue weighted by atomic mass is 19.4. The summed E-state index contributed by atoms with van der Waals surface area (Å²) in [4.78, 5) is 22.3. The molecule has 0 aliphatic rings. The number of carbonyl (C=O) groups is 1. The van der Waals surface area contributed by atoms with Crippen LogP contribution in [-0.2, 0) is 11.3 Å². The zero-order valence-electron chi connectivity index (χ0n) is 17.6. The van der Waals surface area contributed by atoms with E-state index in [1.807, 2.05) is 10.6 Å². The van der Waals surface area contributed by atoms with Gasteiger partial charge in [-0.1, -0.05) is 12.1 Å². The van der Waals surface area contributed by atoms with Crippen LogP contribution in [0.3, 0.4) is 0 Å².